The van der Waals surface area contributed by atoms with Gasteiger partial charge in [0.1, 0.15) is 5.75 Å². The van der Waals surface area contributed by atoms with E-state index in [1.54, 1.807) is 6.07 Å². The molecule has 2 nitrogen and oxygen atoms in total. The number of nitrogens with two attached hydrogens (primary N) is 1. The second-order valence-corrected chi connectivity index (χ2v) is 5.29. The molecule has 1 aliphatic rings. The summed E-state index contributed by atoms with van der Waals surface area (Å²) in [6.07, 6.45) is 5.53. The SMILES string of the molecule is NC1(c2ccc(Br)cc2O)CCCCC1. The number of aromatic hydroxyl groups is 1. The van der Waals surface area contributed by atoms with E-state index in [4.69, 9.17) is 5.73 Å². The standard InChI is InChI=1S/C12H16BrNO/c13-9-4-5-10(11(15)8-9)12(14)6-2-1-3-7-12/h4-5,8,15H,1-3,6-7,14H2. The molecule has 1 aliphatic carbocycles. The average Bonchev–Trinajstić information content (AvgIpc) is 2.18. The largest absolute Gasteiger partial charge is 0.508 e. The van der Waals surface area contributed by atoms with Crippen LogP contribution in [0.1, 0.15) is 37.7 Å². The summed E-state index contributed by atoms with van der Waals surface area (Å²) in [5, 5.41) is 9.90. The molecule has 0 saturated heterocycles. The first kappa shape index (κ1) is 11.0. The van der Waals surface area contributed by atoms with E-state index in [-0.39, 0.29) is 5.54 Å². The minimum Gasteiger partial charge on any atom is -0.508 e. The van der Waals surface area contributed by atoms with Crippen LogP contribution in [0.2, 0.25) is 0 Å². The summed E-state index contributed by atoms with van der Waals surface area (Å²) in [6, 6.07) is 5.60. The lowest BCUT2D eigenvalue weighted by Crippen LogP contribution is -2.38. The summed E-state index contributed by atoms with van der Waals surface area (Å²) in [5.74, 6) is 0.314. The molecule has 1 fully saturated rings. The summed E-state index contributed by atoms with van der Waals surface area (Å²) in [6.45, 7) is 0. The van der Waals surface area contributed by atoms with Crippen LogP contribution in [0.25, 0.3) is 0 Å². The van der Waals surface area contributed by atoms with Gasteiger partial charge in [0.25, 0.3) is 0 Å². The Labute approximate surface area is 98.6 Å². The Kier molecular flexibility index (Phi) is 3.03. The molecule has 0 aliphatic heterocycles. The molecule has 0 unspecified atom stereocenters. The summed E-state index contributed by atoms with van der Waals surface area (Å²) in [5.41, 5.74) is 6.93. The first-order valence-electron chi connectivity index (χ1n) is 5.40. The number of rotatable bonds is 1. The number of hydrogen-bond acceptors (Lipinski definition) is 2. The van der Waals surface area contributed by atoms with Crippen molar-refractivity contribution in [2.24, 2.45) is 5.73 Å². The van der Waals surface area contributed by atoms with E-state index in [0.717, 1.165) is 35.7 Å². The molecule has 3 heteroatoms. The highest BCUT2D eigenvalue weighted by molar-refractivity contribution is 9.10. The van der Waals surface area contributed by atoms with Crippen LogP contribution in [-0.4, -0.2) is 5.11 Å². The molecule has 0 atom stereocenters. The Bertz CT molecular complexity index is 359. The van der Waals surface area contributed by atoms with Gasteiger partial charge in [-0.05, 0) is 25.0 Å². The number of benzene rings is 1. The highest BCUT2D eigenvalue weighted by atomic mass is 79.9. The Morgan fingerprint density at radius 2 is 1.87 bits per heavy atom. The maximum absolute atomic E-state index is 9.90. The third kappa shape index (κ3) is 2.18. The third-order valence-electron chi connectivity index (χ3n) is 3.24. The molecule has 0 radical (unpaired) electrons. The lowest BCUT2D eigenvalue weighted by atomic mass is 9.77. The van der Waals surface area contributed by atoms with Gasteiger partial charge in [0.2, 0.25) is 0 Å². The van der Waals surface area contributed by atoms with Gasteiger partial charge in [0, 0.05) is 15.6 Å². The summed E-state index contributed by atoms with van der Waals surface area (Å²) >= 11 is 3.34. The molecule has 0 heterocycles. The van der Waals surface area contributed by atoms with Crippen LogP contribution in [0.4, 0.5) is 0 Å². The minimum absolute atomic E-state index is 0.314. The van der Waals surface area contributed by atoms with Gasteiger partial charge >= 0.3 is 0 Å². The van der Waals surface area contributed by atoms with Gasteiger partial charge in [-0.3, -0.25) is 0 Å². The van der Waals surface area contributed by atoms with Crippen LogP contribution in [0.15, 0.2) is 22.7 Å². The van der Waals surface area contributed by atoms with E-state index in [2.05, 4.69) is 15.9 Å². The van der Waals surface area contributed by atoms with Crippen LogP contribution >= 0.6 is 15.9 Å². The lowest BCUT2D eigenvalue weighted by Gasteiger charge is -2.34. The van der Waals surface area contributed by atoms with Crippen molar-refractivity contribution in [1.82, 2.24) is 0 Å². The molecule has 0 bridgehead atoms. The van der Waals surface area contributed by atoms with Crippen molar-refractivity contribution in [2.45, 2.75) is 37.6 Å². The summed E-state index contributed by atoms with van der Waals surface area (Å²) in [4.78, 5) is 0. The first-order chi connectivity index (χ1) is 7.12. The van der Waals surface area contributed by atoms with Crippen LogP contribution in [0.5, 0.6) is 5.75 Å². The third-order valence-corrected chi connectivity index (χ3v) is 3.74. The fourth-order valence-electron chi connectivity index (χ4n) is 2.38. The van der Waals surface area contributed by atoms with Crippen LogP contribution in [-0.2, 0) is 5.54 Å². The van der Waals surface area contributed by atoms with Crippen molar-refractivity contribution in [3.05, 3.63) is 28.2 Å². The van der Waals surface area contributed by atoms with Crippen LogP contribution < -0.4 is 5.73 Å². The molecule has 0 spiro atoms. The van der Waals surface area contributed by atoms with Crippen LogP contribution in [0, 0.1) is 0 Å². The summed E-state index contributed by atoms with van der Waals surface area (Å²) < 4.78 is 0.892. The molecule has 82 valence electrons. The van der Waals surface area contributed by atoms with E-state index in [9.17, 15) is 5.11 Å². The Balaban J connectivity index is 2.35. The topological polar surface area (TPSA) is 46.2 Å². The second kappa shape index (κ2) is 4.14. The van der Waals surface area contributed by atoms with Crippen molar-refractivity contribution in [3.8, 4) is 5.75 Å². The Morgan fingerprint density at radius 1 is 1.20 bits per heavy atom. The van der Waals surface area contributed by atoms with Gasteiger partial charge in [-0.2, -0.15) is 0 Å². The van der Waals surface area contributed by atoms with Gasteiger partial charge in [0.15, 0.2) is 0 Å². The maximum atomic E-state index is 9.90. The van der Waals surface area contributed by atoms with Crippen molar-refractivity contribution in [1.29, 1.82) is 0 Å². The zero-order valence-corrected chi connectivity index (χ0v) is 10.3. The van der Waals surface area contributed by atoms with Crippen LogP contribution in [0.3, 0.4) is 0 Å². The average molecular weight is 270 g/mol. The lowest BCUT2D eigenvalue weighted by molar-refractivity contribution is 0.292. The quantitative estimate of drug-likeness (QED) is 0.822. The van der Waals surface area contributed by atoms with Gasteiger partial charge in [-0.1, -0.05) is 41.3 Å². The normalized spacial score (nSPS) is 20.1. The number of halogens is 1. The molecule has 1 aromatic rings. The molecule has 3 N–H and O–H groups in total. The molecule has 2 rings (SSSR count). The predicted molar refractivity (Wildman–Crippen MR) is 64.8 cm³/mol. The predicted octanol–water partition coefficient (Wildman–Crippen LogP) is 3.27. The van der Waals surface area contributed by atoms with E-state index in [1.165, 1.54) is 6.42 Å². The van der Waals surface area contributed by atoms with E-state index >= 15 is 0 Å². The Hall–Kier alpha value is -0.540. The van der Waals surface area contributed by atoms with Gasteiger partial charge in [0.05, 0.1) is 0 Å². The second-order valence-electron chi connectivity index (χ2n) is 4.38. The highest BCUT2D eigenvalue weighted by Gasteiger charge is 2.31. The number of hydrogen-bond donors (Lipinski definition) is 2. The molecule has 15 heavy (non-hydrogen) atoms. The first-order valence-corrected chi connectivity index (χ1v) is 6.19. The smallest absolute Gasteiger partial charge is 0.121 e. The fourth-order valence-corrected chi connectivity index (χ4v) is 2.73. The molecule has 0 aromatic heterocycles. The molecule has 0 amide bonds. The van der Waals surface area contributed by atoms with Gasteiger partial charge < -0.3 is 10.8 Å². The van der Waals surface area contributed by atoms with Gasteiger partial charge in [-0.15, -0.1) is 0 Å². The summed E-state index contributed by atoms with van der Waals surface area (Å²) in [7, 11) is 0. The van der Waals surface area contributed by atoms with E-state index in [1.807, 2.05) is 12.1 Å². The number of phenolic OH excluding ortho intramolecular Hbond substituents is 1. The monoisotopic (exact) mass is 269 g/mol. The van der Waals surface area contributed by atoms with E-state index < -0.39 is 0 Å². The van der Waals surface area contributed by atoms with Crippen molar-refractivity contribution in [3.63, 3.8) is 0 Å². The minimum atomic E-state index is -0.316. The highest BCUT2D eigenvalue weighted by Crippen LogP contribution is 2.39. The van der Waals surface area contributed by atoms with Crippen molar-refractivity contribution in [2.75, 3.05) is 0 Å². The molecule has 1 saturated carbocycles. The molecule has 1 aromatic carbocycles. The van der Waals surface area contributed by atoms with Crippen molar-refractivity contribution < 1.29 is 5.11 Å². The zero-order chi connectivity index (χ0) is 10.9. The van der Waals surface area contributed by atoms with Gasteiger partial charge in [-0.25, -0.2) is 0 Å². The maximum Gasteiger partial charge on any atom is 0.121 e. The number of phenols is 1. The van der Waals surface area contributed by atoms with Crippen molar-refractivity contribution >= 4 is 15.9 Å². The Morgan fingerprint density at radius 3 is 2.47 bits per heavy atom. The molecular formula is C12H16BrNO. The zero-order valence-electron chi connectivity index (χ0n) is 8.67. The molecular weight excluding hydrogens is 254 g/mol. The fraction of sp³-hybridized carbons (Fsp3) is 0.500. The van der Waals surface area contributed by atoms with E-state index in [0.29, 0.717) is 5.75 Å².